The maximum Gasteiger partial charge on any atom is 0.132 e. The molecule has 3 rings (SSSR count). The molecule has 1 aliphatic rings. The standard InChI is InChI=1S/C17H22FNOS/c18-14-8-5-9-15-17(14)13(16(10-19)21-15)11-20-12-6-3-1-2-4-7-12/h5,8-9,12H,1-4,6-7,10-11,19H2. The first-order chi connectivity index (χ1) is 10.3. The molecule has 0 atom stereocenters. The highest BCUT2D eigenvalue weighted by molar-refractivity contribution is 7.19. The van der Waals surface area contributed by atoms with Crippen LogP contribution in [0.4, 0.5) is 4.39 Å². The van der Waals surface area contributed by atoms with Crippen molar-refractivity contribution in [2.45, 2.75) is 57.8 Å². The highest BCUT2D eigenvalue weighted by Crippen LogP contribution is 2.34. The van der Waals surface area contributed by atoms with E-state index in [1.54, 1.807) is 17.4 Å². The Labute approximate surface area is 129 Å². The molecule has 0 unspecified atom stereocenters. The second-order valence-corrected chi connectivity index (χ2v) is 6.88. The van der Waals surface area contributed by atoms with Gasteiger partial charge in [-0.15, -0.1) is 11.3 Å². The molecule has 2 N–H and O–H groups in total. The average Bonchev–Trinajstić information content (AvgIpc) is 2.67. The third-order valence-electron chi connectivity index (χ3n) is 4.30. The lowest BCUT2D eigenvalue weighted by molar-refractivity contribution is 0.0313. The van der Waals surface area contributed by atoms with Crippen molar-refractivity contribution in [2.24, 2.45) is 5.73 Å². The van der Waals surface area contributed by atoms with Crippen LogP contribution in [0.1, 0.15) is 49.0 Å². The van der Waals surface area contributed by atoms with Crippen LogP contribution in [0.2, 0.25) is 0 Å². The van der Waals surface area contributed by atoms with E-state index in [0.29, 0.717) is 24.6 Å². The van der Waals surface area contributed by atoms with E-state index in [1.807, 2.05) is 6.07 Å². The third kappa shape index (κ3) is 3.28. The fourth-order valence-corrected chi connectivity index (χ4v) is 4.25. The lowest BCUT2D eigenvalue weighted by Gasteiger charge is -2.15. The van der Waals surface area contributed by atoms with Gasteiger partial charge in [0.15, 0.2) is 0 Å². The molecular weight excluding hydrogens is 285 g/mol. The van der Waals surface area contributed by atoms with Crippen LogP contribution in [0.5, 0.6) is 0 Å². The third-order valence-corrected chi connectivity index (χ3v) is 5.52. The van der Waals surface area contributed by atoms with Crippen LogP contribution in [-0.2, 0) is 17.9 Å². The Balaban J connectivity index is 1.82. The zero-order valence-corrected chi connectivity index (χ0v) is 13.1. The van der Waals surface area contributed by atoms with Crippen LogP contribution in [0.3, 0.4) is 0 Å². The number of thiophene rings is 1. The predicted octanol–water partition coefficient (Wildman–Crippen LogP) is 4.74. The van der Waals surface area contributed by atoms with Crippen molar-refractivity contribution in [3.8, 4) is 0 Å². The van der Waals surface area contributed by atoms with Gasteiger partial charge in [-0.2, -0.15) is 0 Å². The Hall–Kier alpha value is -0.970. The van der Waals surface area contributed by atoms with Gasteiger partial charge in [-0.3, -0.25) is 0 Å². The number of rotatable bonds is 4. The number of fused-ring (bicyclic) bond motifs is 1. The molecule has 1 aliphatic carbocycles. The fourth-order valence-electron chi connectivity index (χ4n) is 3.14. The summed E-state index contributed by atoms with van der Waals surface area (Å²) in [6.07, 6.45) is 7.68. The van der Waals surface area contributed by atoms with Crippen molar-refractivity contribution in [2.75, 3.05) is 0 Å². The van der Waals surface area contributed by atoms with Crippen LogP contribution >= 0.6 is 11.3 Å². The molecule has 1 fully saturated rings. The SMILES string of the molecule is NCc1sc2cccc(F)c2c1COC1CCCCCC1. The van der Waals surface area contributed by atoms with Crippen molar-refractivity contribution in [3.63, 3.8) is 0 Å². The van der Waals surface area contributed by atoms with Crippen molar-refractivity contribution in [1.82, 2.24) is 0 Å². The molecule has 2 nitrogen and oxygen atoms in total. The topological polar surface area (TPSA) is 35.2 Å². The molecule has 2 aromatic rings. The number of hydrogen-bond acceptors (Lipinski definition) is 3. The van der Waals surface area contributed by atoms with Crippen molar-refractivity contribution < 1.29 is 9.13 Å². The first kappa shape index (κ1) is 14.9. The van der Waals surface area contributed by atoms with Gasteiger partial charge >= 0.3 is 0 Å². The molecule has 1 aromatic carbocycles. The highest BCUT2D eigenvalue weighted by Gasteiger charge is 2.18. The van der Waals surface area contributed by atoms with E-state index in [9.17, 15) is 4.39 Å². The summed E-state index contributed by atoms with van der Waals surface area (Å²) in [5, 5.41) is 0.705. The molecule has 0 spiro atoms. The summed E-state index contributed by atoms with van der Waals surface area (Å²) in [7, 11) is 0. The molecule has 114 valence electrons. The molecule has 0 bridgehead atoms. The van der Waals surface area contributed by atoms with E-state index in [-0.39, 0.29) is 5.82 Å². The maximum absolute atomic E-state index is 14.1. The number of ether oxygens (including phenoxy) is 1. The van der Waals surface area contributed by atoms with E-state index in [0.717, 1.165) is 28.0 Å². The largest absolute Gasteiger partial charge is 0.373 e. The molecule has 4 heteroatoms. The summed E-state index contributed by atoms with van der Waals surface area (Å²) >= 11 is 1.58. The van der Waals surface area contributed by atoms with E-state index in [4.69, 9.17) is 10.5 Å². The summed E-state index contributed by atoms with van der Waals surface area (Å²) < 4.78 is 21.2. The first-order valence-corrected chi connectivity index (χ1v) is 8.61. The average molecular weight is 307 g/mol. The van der Waals surface area contributed by atoms with Gasteiger partial charge in [0.2, 0.25) is 0 Å². The Morgan fingerprint density at radius 2 is 1.95 bits per heavy atom. The van der Waals surface area contributed by atoms with Crippen LogP contribution in [0.25, 0.3) is 10.1 Å². The highest BCUT2D eigenvalue weighted by atomic mass is 32.1. The Morgan fingerprint density at radius 1 is 1.19 bits per heavy atom. The quantitative estimate of drug-likeness (QED) is 0.828. The Bertz CT molecular complexity index is 602. The van der Waals surface area contributed by atoms with Gasteiger partial charge in [0, 0.05) is 27.1 Å². The molecule has 21 heavy (non-hydrogen) atoms. The van der Waals surface area contributed by atoms with Crippen LogP contribution in [0.15, 0.2) is 18.2 Å². The minimum Gasteiger partial charge on any atom is -0.373 e. The van der Waals surface area contributed by atoms with Gasteiger partial charge in [0.1, 0.15) is 5.82 Å². The van der Waals surface area contributed by atoms with Crippen molar-refractivity contribution in [1.29, 1.82) is 0 Å². The summed E-state index contributed by atoms with van der Waals surface area (Å²) in [6.45, 7) is 0.931. The monoisotopic (exact) mass is 307 g/mol. The van der Waals surface area contributed by atoms with E-state index in [2.05, 4.69) is 0 Å². The molecule has 0 saturated heterocycles. The lowest BCUT2D eigenvalue weighted by atomic mass is 10.1. The van der Waals surface area contributed by atoms with Crippen molar-refractivity contribution in [3.05, 3.63) is 34.5 Å². The molecule has 1 heterocycles. The van der Waals surface area contributed by atoms with Gasteiger partial charge < -0.3 is 10.5 Å². The molecule has 1 aromatic heterocycles. The van der Waals surface area contributed by atoms with Gasteiger partial charge in [-0.1, -0.05) is 31.7 Å². The first-order valence-electron chi connectivity index (χ1n) is 7.80. The van der Waals surface area contributed by atoms with Crippen molar-refractivity contribution >= 4 is 21.4 Å². The molecule has 0 aliphatic heterocycles. The van der Waals surface area contributed by atoms with Gasteiger partial charge in [-0.25, -0.2) is 4.39 Å². The molecule has 0 amide bonds. The second kappa shape index (κ2) is 6.86. The minimum atomic E-state index is -0.164. The number of halogens is 1. The number of nitrogens with two attached hydrogens (primary N) is 1. The van der Waals surface area contributed by atoms with E-state index in [1.165, 1.54) is 31.7 Å². The maximum atomic E-state index is 14.1. The molecule has 0 radical (unpaired) electrons. The van der Waals surface area contributed by atoms with E-state index < -0.39 is 0 Å². The Kier molecular flexibility index (Phi) is 4.88. The number of benzene rings is 1. The Morgan fingerprint density at radius 3 is 2.67 bits per heavy atom. The minimum absolute atomic E-state index is 0.164. The van der Waals surface area contributed by atoms with E-state index >= 15 is 0 Å². The number of hydrogen-bond donors (Lipinski definition) is 1. The fraction of sp³-hybridized carbons (Fsp3) is 0.529. The van der Waals surface area contributed by atoms with Crippen LogP contribution < -0.4 is 5.73 Å². The smallest absolute Gasteiger partial charge is 0.132 e. The lowest BCUT2D eigenvalue weighted by Crippen LogP contribution is -2.12. The molecular formula is C17H22FNOS. The van der Waals surface area contributed by atoms with Gasteiger partial charge in [0.25, 0.3) is 0 Å². The van der Waals surface area contributed by atoms with Gasteiger partial charge in [-0.05, 0) is 25.0 Å². The zero-order chi connectivity index (χ0) is 14.7. The van der Waals surface area contributed by atoms with Crippen LogP contribution in [0, 0.1) is 5.82 Å². The normalized spacial score (nSPS) is 17.2. The van der Waals surface area contributed by atoms with Gasteiger partial charge in [0.05, 0.1) is 12.7 Å². The predicted molar refractivity (Wildman–Crippen MR) is 86.0 cm³/mol. The summed E-state index contributed by atoms with van der Waals surface area (Å²) in [5.74, 6) is -0.164. The zero-order valence-electron chi connectivity index (χ0n) is 12.2. The summed E-state index contributed by atoms with van der Waals surface area (Å²) in [6, 6.07) is 5.23. The van der Waals surface area contributed by atoms with Crippen LogP contribution in [-0.4, -0.2) is 6.10 Å². The summed E-state index contributed by atoms with van der Waals surface area (Å²) in [5.41, 5.74) is 6.79. The summed E-state index contributed by atoms with van der Waals surface area (Å²) in [4.78, 5) is 1.05. The molecule has 1 saturated carbocycles. The second-order valence-electron chi connectivity index (χ2n) is 5.75.